The fourth-order valence-corrected chi connectivity index (χ4v) is 8.66. The van der Waals surface area contributed by atoms with Crippen LogP contribution in [0.3, 0.4) is 0 Å². The lowest BCUT2D eigenvalue weighted by Gasteiger charge is -2.31. The molecule has 3 nitrogen and oxygen atoms in total. The molecule has 1 aliphatic heterocycles. The Kier molecular flexibility index (Phi) is 7.15. The van der Waals surface area contributed by atoms with Crippen molar-refractivity contribution in [2.24, 2.45) is 0 Å². The SMILES string of the molecule is CCCc1cccc(CCC)c1-n1cc[n+]2c1-c1ccccc1C1Cc3ccccc3-c3c(ccc4c3oc3ccccc34)C/C=C/C12. The molecule has 2 unspecified atom stereocenters. The Morgan fingerprint density at radius 1 is 0.729 bits per heavy atom. The fraction of sp³-hybridized carbons (Fsp3) is 0.222. The van der Waals surface area contributed by atoms with Gasteiger partial charge in [0, 0.05) is 22.3 Å². The minimum Gasteiger partial charge on any atom is -0.455 e. The van der Waals surface area contributed by atoms with Crippen molar-refractivity contribution in [1.82, 2.24) is 4.57 Å². The van der Waals surface area contributed by atoms with E-state index in [1.807, 2.05) is 0 Å². The number of nitrogens with zero attached hydrogens (tertiary/aromatic N) is 2. The third kappa shape index (κ3) is 4.52. The Balaban J connectivity index is 1.26. The van der Waals surface area contributed by atoms with E-state index in [4.69, 9.17) is 4.42 Å². The van der Waals surface area contributed by atoms with Crippen LogP contribution in [0.5, 0.6) is 0 Å². The Labute approximate surface area is 282 Å². The van der Waals surface area contributed by atoms with Crippen molar-refractivity contribution >= 4 is 21.9 Å². The van der Waals surface area contributed by atoms with E-state index in [0.29, 0.717) is 0 Å². The summed E-state index contributed by atoms with van der Waals surface area (Å²) in [6.45, 7) is 4.58. The van der Waals surface area contributed by atoms with Crippen LogP contribution in [0.15, 0.2) is 132 Å². The largest absolute Gasteiger partial charge is 0.455 e. The highest BCUT2D eigenvalue weighted by Gasteiger charge is 2.40. The molecular formula is C45H41N2O+. The first-order valence-corrected chi connectivity index (χ1v) is 17.8. The lowest BCUT2D eigenvalue weighted by molar-refractivity contribution is -0.706. The first kappa shape index (κ1) is 29.0. The van der Waals surface area contributed by atoms with Crippen LogP contribution in [0.1, 0.15) is 66.5 Å². The molecule has 0 saturated heterocycles. The number of rotatable bonds is 5. The smallest absolute Gasteiger partial charge is 0.294 e. The van der Waals surface area contributed by atoms with Crippen LogP contribution < -0.4 is 4.57 Å². The van der Waals surface area contributed by atoms with E-state index in [9.17, 15) is 0 Å². The maximum atomic E-state index is 6.65. The van der Waals surface area contributed by atoms with Gasteiger partial charge in [-0.1, -0.05) is 124 Å². The summed E-state index contributed by atoms with van der Waals surface area (Å²) in [6.07, 6.45) is 15.8. The van der Waals surface area contributed by atoms with Crippen molar-refractivity contribution in [3.63, 3.8) is 0 Å². The molecule has 0 N–H and O–H groups in total. The third-order valence-electron chi connectivity index (χ3n) is 10.7. The fourth-order valence-electron chi connectivity index (χ4n) is 8.66. The molecule has 0 spiro atoms. The van der Waals surface area contributed by atoms with Gasteiger partial charge >= 0.3 is 0 Å². The van der Waals surface area contributed by atoms with Gasteiger partial charge in [-0.25, -0.2) is 4.57 Å². The maximum absolute atomic E-state index is 6.65. The predicted molar refractivity (Wildman–Crippen MR) is 197 cm³/mol. The monoisotopic (exact) mass is 625 g/mol. The summed E-state index contributed by atoms with van der Waals surface area (Å²) < 4.78 is 11.7. The quantitative estimate of drug-likeness (QED) is 0.138. The summed E-state index contributed by atoms with van der Waals surface area (Å²) in [4.78, 5) is 0. The number of aryl methyl sites for hydroxylation is 2. The molecule has 2 aliphatic rings. The van der Waals surface area contributed by atoms with Crippen molar-refractivity contribution in [3.8, 4) is 28.2 Å². The topological polar surface area (TPSA) is 21.9 Å². The van der Waals surface area contributed by atoms with Gasteiger partial charge in [0.2, 0.25) is 0 Å². The molecule has 0 bridgehead atoms. The van der Waals surface area contributed by atoms with Crippen LogP contribution in [-0.4, -0.2) is 4.57 Å². The van der Waals surface area contributed by atoms with Crippen LogP contribution in [0, 0.1) is 0 Å². The Morgan fingerprint density at radius 2 is 1.48 bits per heavy atom. The van der Waals surface area contributed by atoms with E-state index >= 15 is 0 Å². The standard InChI is InChI=1S/C45H41N2O/c1-3-13-31-17-11-18-32(14-4-2)43(31)47-28-27-46-40-23-12-16-30-25-26-37-36-21-9-10-24-41(36)48-44(37)42(30)34-19-6-5-15-33(34)29-39(40)35-20-7-8-22-38(35)45(46)47/h5-12,15,17-28,39-40H,3-4,13-14,16,29H2,1-2H3/q+1/b23-12+. The second-order valence-corrected chi connectivity index (χ2v) is 13.6. The molecule has 3 heteroatoms. The number of imidazole rings is 1. The molecule has 0 fully saturated rings. The Hall–Kier alpha value is -5.15. The van der Waals surface area contributed by atoms with E-state index in [-0.39, 0.29) is 12.0 Å². The Morgan fingerprint density at radius 3 is 2.31 bits per heavy atom. The number of allylic oxidation sites excluding steroid dienone is 2. The summed E-state index contributed by atoms with van der Waals surface area (Å²) in [5, 5.41) is 2.37. The minimum absolute atomic E-state index is 0.189. The zero-order valence-electron chi connectivity index (χ0n) is 27.8. The summed E-state index contributed by atoms with van der Waals surface area (Å²) in [7, 11) is 0. The van der Waals surface area contributed by atoms with Gasteiger partial charge < -0.3 is 4.42 Å². The van der Waals surface area contributed by atoms with Crippen LogP contribution in [0.25, 0.3) is 50.1 Å². The maximum Gasteiger partial charge on any atom is 0.294 e. The van der Waals surface area contributed by atoms with Crippen LogP contribution in [0.2, 0.25) is 0 Å². The van der Waals surface area contributed by atoms with Gasteiger partial charge in [0.1, 0.15) is 35.3 Å². The van der Waals surface area contributed by atoms with Crippen molar-refractivity contribution in [2.75, 3.05) is 0 Å². The summed E-state index contributed by atoms with van der Waals surface area (Å²) in [5.41, 5.74) is 14.2. The second kappa shape index (κ2) is 11.8. The van der Waals surface area contributed by atoms with Gasteiger partial charge in [-0.2, -0.15) is 4.57 Å². The van der Waals surface area contributed by atoms with Gasteiger partial charge in [0.15, 0.2) is 0 Å². The molecule has 2 atom stereocenters. The molecule has 0 radical (unpaired) electrons. The van der Waals surface area contributed by atoms with Gasteiger partial charge in [0.05, 0.1) is 5.56 Å². The molecule has 9 rings (SSSR count). The van der Waals surface area contributed by atoms with Crippen LogP contribution in [-0.2, 0) is 25.7 Å². The van der Waals surface area contributed by atoms with E-state index in [1.54, 1.807) is 0 Å². The van der Waals surface area contributed by atoms with Gasteiger partial charge in [-0.3, -0.25) is 0 Å². The molecule has 2 aromatic heterocycles. The van der Waals surface area contributed by atoms with E-state index < -0.39 is 0 Å². The van der Waals surface area contributed by atoms with Crippen molar-refractivity contribution in [3.05, 3.63) is 155 Å². The number of para-hydroxylation sites is 2. The highest BCUT2D eigenvalue weighted by Crippen LogP contribution is 2.46. The third-order valence-corrected chi connectivity index (χ3v) is 10.7. The molecule has 1 aliphatic carbocycles. The zero-order chi connectivity index (χ0) is 32.2. The highest BCUT2D eigenvalue weighted by atomic mass is 16.3. The van der Waals surface area contributed by atoms with Gasteiger partial charge in [-0.15, -0.1) is 0 Å². The number of aromatic nitrogens is 2. The minimum atomic E-state index is 0.189. The van der Waals surface area contributed by atoms with E-state index in [0.717, 1.165) is 49.7 Å². The number of benzene rings is 5. The normalized spacial score (nSPS) is 17.3. The first-order chi connectivity index (χ1) is 23.7. The van der Waals surface area contributed by atoms with Crippen LogP contribution in [0.4, 0.5) is 0 Å². The van der Waals surface area contributed by atoms with Crippen LogP contribution >= 0.6 is 0 Å². The molecule has 48 heavy (non-hydrogen) atoms. The molecule has 236 valence electrons. The Bertz CT molecular complexity index is 2330. The van der Waals surface area contributed by atoms with Crippen molar-refractivity contribution in [2.45, 2.75) is 64.3 Å². The summed E-state index contributed by atoms with van der Waals surface area (Å²) in [6, 6.07) is 38.3. The summed E-state index contributed by atoms with van der Waals surface area (Å²) >= 11 is 0. The lowest BCUT2D eigenvalue weighted by Crippen LogP contribution is -2.46. The second-order valence-electron chi connectivity index (χ2n) is 13.6. The lowest BCUT2D eigenvalue weighted by atomic mass is 9.78. The average Bonchev–Trinajstić information content (AvgIpc) is 3.72. The number of furan rings is 1. The molecular weight excluding hydrogens is 585 g/mol. The predicted octanol–water partition coefficient (Wildman–Crippen LogP) is 10.9. The number of hydrogen-bond donors (Lipinski definition) is 0. The number of hydrogen-bond acceptors (Lipinski definition) is 1. The van der Waals surface area contributed by atoms with Crippen molar-refractivity contribution < 1.29 is 8.98 Å². The average molecular weight is 626 g/mol. The molecule has 5 aromatic carbocycles. The molecule has 0 amide bonds. The highest BCUT2D eigenvalue weighted by molar-refractivity contribution is 6.10. The van der Waals surface area contributed by atoms with E-state index in [1.165, 1.54) is 66.8 Å². The first-order valence-electron chi connectivity index (χ1n) is 17.8. The zero-order valence-corrected chi connectivity index (χ0v) is 27.8. The van der Waals surface area contributed by atoms with E-state index in [2.05, 4.69) is 151 Å². The molecule has 3 heterocycles. The number of fused-ring (bicyclic) bond motifs is 13. The molecule has 0 saturated carbocycles. The van der Waals surface area contributed by atoms with Gasteiger partial charge in [0.25, 0.3) is 5.82 Å². The van der Waals surface area contributed by atoms with Crippen molar-refractivity contribution in [1.29, 1.82) is 0 Å². The molecule has 7 aromatic rings. The summed E-state index contributed by atoms with van der Waals surface area (Å²) in [5.74, 6) is 1.57. The van der Waals surface area contributed by atoms with Gasteiger partial charge in [-0.05, 0) is 77.3 Å².